The average molecular weight is 679 g/mol. The summed E-state index contributed by atoms with van der Waals surface area (Å²) in [4.78, 5) is 11.9. The van der Waals surface area contributed by atoms with Gasteiger partial charge in [0.2, 0.25) is 0 Å². The van der Waals surface area contributed by atoms with Crippen LogP contribution in [-0.4, -0.2) is 42.1 Å². The van der Waals surface area contributed by atoms with Crippen LogP contribution in [0.15, 0.2) is 23.3 Å². The largest absolute Gasteiger partial charge is 0.481 e. The quantitative estimate of drug-likeness (QED) is 0.235. The topological polar surface area (TPSA) is 75.3 Å². The van der Waals surface area contributed by atoms with E-state index >= 15 is 0 Å². The minimum absolute atomic E-state index is 0.0419. The number of aliphatic carboxylic acids is 1. The summed E-state index contributed by atoms with van der Waals surface area (Å²) in [6, 6.07) is -1.67. The number of carbonyl (C=O) groups is 1. The maximum atomic E-state index is 14.2. The third-order valence-electron chi connectivity index (χ3n) is 16.7. The van der Waals surface area contributed by atoms with Crippen LogP contribution in [0.2, 0.25) is 0 Å². The van der Waals surface area contributed by atoms with Gasteiger partial charge in [-0.1, -0.05) is 60.6 Å². The summed E-state index contributed by atoms with van der Waals surface area (Å²) in [5, 5.41) is 13.0. The van der Waals surface area contributed by atoms with Crippen LogP contribution in [0.1, 0.15) is 126 Å². The second kappa shape index (κ2) is 11.8. The third kappa shape index (κ3) is 5.05. The van der Waals surface area contributed by atoms with Crippen LogP contribution in [0, 0.1) is 62.6 Å². The number of hydrogen-bond donors (Lipinski definition) is 3. The molecule has 4 nitrogen and oxygen atoms in total. The lowest BCUT2D eigenvalue weighted by Gasteiger charge is -2.72. The van der Waals surface area contributed by atoms with E-state index in [-0.39, 0.29) is 34.0 Å². The second-order valence-corrected chi connectivity index (χ2v) is 19.0. The highest BCUT2D eigenvalue weighted by Crippen LogP contribution is 2.76. The van der Waals surface area contributed by atoms with Crippen molar-refractivity contribution < 1.29 is 27.5 Å². The molecular weight excluding hydrogens is 616 g/mol. The van der Waals surface area contributed by atoms with Gasteiger partial charge in [0.05, 0.1) is 5.41 Å². The van der Waals surface area contributed by atoms with Gasteiger partial charge >= 0.3 is 12.1 Å². The van der Waals surface area contributed by atoms with Crippen LogP contribution in [0.5, 0.6) is 0 Å². The number of nitrogens with two attached hydrogens (primary N) is 1. The van der Waals surface area contributed by atoms with E-state index in [1.165, 1.54) is 11.1 Å². The molecule has 6 rings (SSSR count). The Labute approximate surface area is 286 Å². The van der Waals surface area contributed by atoms with Gasteiger partial charge in [-0.2, -0.15) is 13.2 Å². The van der Waals surface area contributed by atoms with E-state index < -0.39 is 42.4 Å². The van der Waals surface area contributed by atoms with Crippen LogP contribution < -0.4 is 11.1 Å². The number of fused-ring (bicyclic) bond motifs is 7. The van der Waals surface area contributed by atoms with Crippen LogP contribution in [-0.2, 0) is 4.79 Å². The van der Waals surface area contributed by atoms with Gasteiger partial charge in [0, 0.05) is 12.1 Å². The Hall–Kier alpha value is -1.41. The Morgan fingerprint density at radius 2 is 1.65 bits per heavy atom. The number of allylic oxidation sites excluding steroid dienone is 4. The van der Waals surface area contributed by atoms with E-state index in [2.05, 4.69) is 59.9 Å². The summed E-state index contributed by atoms with van der Waals surface area (Å²) in [7, 11) is 0. The monoisotopic (exact) mass is 678 g/mol. The molecule has 0 aromatic rings. The maximum Gasteiger partial charge on any atom is 0.405 e. The zero-order valence-electron chi connectivity index (χ0n) is 30.5. The molecule has 0 heterocycles. The summed E-state index contributed by atoms with van der Waals surface area (Å²) < 4.78 is 56.4. The highest BCUT2D eigenvalue weighted by Gasteiger charge is 2.71. The molecule has 272 valence electrons. The summed E-state index contributed by atoms with van der Waals surface area (Å²) in [6.07, 6.45) is 10.2. The number of nitrogens with one attached hydrogen (secondary N) is 1. The molecule has 0 bridgehead atoms. The van der Waals surface area contributed by atoms with Crippen molar-refractivity contribution in [3.05, 3.63) is 23.3 Å². The molecular formula is C40H62F4N2O2. The van der Waals surface area contributed by atoms with Gasteiger partial charge in [0.15, 0.2) is 0 Å². The Morgan fingerprint density at radius 1 is 0.938 bits per heavy atom. The smallest absolute Gasteiger partial charge is 0.405 e. The number of carboxylic acid groups (broad SMARTS) is 1. The van der Waals surface area contributed by atoms with Gasteiger partial charge in [-0.3, -0.25) is 10.1 Å². The molecule has 0 aromatic heterocycles. The van der Waals surface area contributed by atoms with E-state index in [9.17, 15) is 27.5 Å². The molecule has 11 atom stereocenters. The van der Waals surface area contributed by atoms with Crippen molar-refractivity contribution >= 4 is 5.97 Å². The first-order chi connectivity index (χ1) is 22.3. The van der Waals surface area contributed by atoms with Gasteiger partial charge < -0.3 is 10.8 Å². The number of hydrogen-bond acceptors (Lipinski definition) is 3. The molecule has 0 spiro atoms. The van der Waals surface area contributed by atoms with E-state index in [0.717, 1.165) is 57.8 Å². The fraction of sp³-hybridized carbons (Fsp3) is 0.875. The summed E-state index contributed by atoms with van der Waals surface area (Å²) in [5.41, 5.74) is 6.64. The number of halogens is 4. The van der Waals surface area contributed by atoms with Crippen molar-refractivity contribution in [3.8, 4) is 0 Å². The molecule has 8 heteroatoms. The van der Waals surface area contributed by atoms with Gasteiger partial charge in [0.25, 0.3) is 0 Å². The molecule has 48 heavy (non-hydrogen) atoms. The molecule has 1 unspecified atom stereocenters. The highest BCUT2D eigenvalue weighted by molar-refractivity contribution is 5.75. The molecule has 4 N–H and O–H groups in total. The number of carboxylic acids is 1. The lowest BCUT2D eigenvalue weighted by molar-refractivity contribution is -0.227. The molecule has 6 aliphatic carbocycles. The Morgan fingerprint density at radius 3 is 2.21 bits per heavy atom. The molecule has 0 amide bonds. The van der Waals surface area contributed by atoms with Crippen LogP contribution in [0.25, 0.3) is 0 Å². The first kappa shape index (κ1) is 36.4. The predicted molar refractivity (Wildman–Crippen MR) is 183 cm³/mol. The molecule has 0 aromatic carbocycles. The van der Waals surface area contributed by atoms with Crippen LogP contribution >= 0.6 is 0 Å². The molecule has 0 saturated heterocycles. The molecule has 4 fully saturated rings. The van der Waals surface area contributed by atoms with Crippen molar-refractivity contribution in [1.82, 2.24) is 5.32 Å². The van der Waals surface area contributed by atoms with Crippen LogP contribution in [0.4, 0.5) is 17.6 Å². The summed E-state index contributed by atoms with van der Waals surface area (Å²) >= 11 is 0. The van der Waals surface area contributed by atoms with E-state index in [4.69, 9.17) is 5.73 Å². The van der Waals surface area contributed by atoms with Gasteiger partial charge in [-0.25, -0.2) is 4.39 Å². The molecule has 0 radical (unpaired) electrons. The number of alkyl halides is 4. The lowest BCUT2D eigenvalue weighted by atomic mass is 9.32. The van der Waals surface area contributed by atoms with Crippen molar-refractivity contribution in [2.45, 2.75) is 143 Å². The lowest BCUT2D eigenvalue weighted by Crippen LogP contribution is -2.70. The number of rotatable bonds is 7. The van der Waals surface area contributed by atoms with Crippen molar-refractivity contribution in [3.63, 3.8) is 0 Å². The van der Waals surface area contributed by atoms with Crippen molar-refractivity contribution in [2.24, 2.45) is 68.3 Å². The van der Waals surface area contributed by atoms with Gasteiger partial charge in [-0.15, -0.1) is 0 Å². The van der Waals surface area contributed by atoms with Gasteiger partial charge in [0.1, 0.15) is 12.7 Å². The summed E-state index contributed by atoms with van der Waals surface area (Å²) in [5.74, 6) is 1.36. The first-order valence-electron chi connectivity index (χ1n) is 19.0. The summed E-state index contributed by atoms with van der Waals surface area (Å²) in [6.45, 7) is 15.7. The highest BCUT2D eigenvalue weighted by atomic mass is 19.4. The van der Waals surface area contributed by atoms with E-state index in [1.807, 2.05) is 6.08 Å². The fourth-order valence-corrected chi connectivity index (χ4v) is 13.9. The predicted octanol–water partition coefficient (Wildman–Crippen LogP) is 9.64. The minimum Gasteiger partial charge on any atom is -0.481 e. The third-order valence-corrected chi connectivity index (χ3v) is 16.7. The normalized spacial score (nSPS) is 46.1. The van der Waals surface area contributed by atoms with Crippen molar-refractivity contribution in [2.75, 3.05) is 13.2 Å². The maximum absolute atomic E-state index is 14.2. The standard InChI is InChI=1S/C40H62F4N2O2/c1-24(2)26-12-19-39(46-31(22-45)40(42,43)44)21-20-36(6)28(32(26)39)8-9-30-35(5)15-13-27(34(3,4)29(35)14-16-37(30,36)7)25-10-17-38(23-41,18-11-25)33(47)48/h10,13,24,26,28-32,46H,8-9,11-12,14-23,45H2,1-7H3,(H,47,48)/t26-,28+,29-,30+,31?,32+,35-,36+,37+,38-,39-/m0/s1. The Kier molecular flexibility index (Phi) is 8.96. The average Bonchev–Trinajstić information content (AvgIpc) is 3.39. The van der Waals surface area contributed by atoms with Crippen LogP contribution in [0.3, 0.4) is 0 Å². The SMILES string of the molecule is CC(C)[C@@H]1CC[C@]2(NC(CN)C(F)(F)F)CC[C@]3(C)[C@H](CC[C@@H]4[C@@]5(C)CC=C(C6=CC[C@](CF)(C(=O)O)CC6)C(C)(C)[C@@H]5CC[C@]43C)[C@@H]12. The second-order valence-electron chi connectivity index (χ2n) is 19.0. The Bertz CT molecular complexity index is 1340. The molecule has 6 aliphatic rings. The first-order valence-corrected chi connectivity index (χ1v) is 19.0. The molecule has 0 aliphatic heterocycles. The minimum atomic E-state index is -4.36. The fourth-order valence-electron chi connectivity index (χ4n) is 13.9. The Balaban J connectivity index is 1.32. The van der Waals surface area contributed by atoms with E-state index in [0.29, 0.717) is 42.4 Å². The van der Waals surface area contributed by atoms with Gasteiger partial charge in [-0.05, 0) is 145 Å². The van der Waals surface area contributed by atoms with E-state index in [1.54, 1.807) is 0 Å². The van der Waals surface area contributed by atoms with Crippen molar-refractivity contribution in [1.29, 1.82) is 0 Å². The molecule has 4 saturated carbocycles. The zero-order chi connectivity index (χ0) is 35.3. The zero-order valence-corrected chi connectivity index (χ0v) is 30.5.